The number of benzene rings is 3. The molecule has 0 bridgehead atoms. The van der Waals surface area contributed by atoms with Crippen LogP contribution in [0.25, 0.3) is 0 Å². The van der Waals surface area contributed by atoms with Crippen LogP contribution in [-0.4, -0.2) is 87.3 Å². The Labute approximate surface area is 371 Å². The summed E-state index contributed by atoms with van der Waals surface area (Å²) in [4.78, 5) is 35.3. The molecule has 9 nitrogen and oxygen atoms in total. The molecule has 3 aromatic rings. The average molecular weight is 939 g/mol. The number of hydrogen-bond donors (Lipinski definition) is 0. The molecule has 13 heteroatoms. The van der Waals surface area contributed by atoms with Crippen LogP contribution in [0.4, 0.5) is 0 Å². The number of rotatable bonds is 15. The molecule has 2 heterocycles. The largest absolute Gasteiger partial charge is 0.416 e. The molecule has 1 aliphatic carbocycles. The summed E-state index contributed by atoms with van der Waals surface area (Å²) in [5.41, 5.74) is 2.24. The van der Waals surface area contributed by atoms with Crippen molar-refractivity contribution < 1.29 is 26.9 Å². The van der Waals surface area contributed by atoms with Crippen LogP contribution < -0.4 is 0 Å². The molecule has 1 saturated carbocycles. The summed E-state index contributed by atoms with van der Waals surface area (Å²) >= 11 is 4.20. The van der Waals surface area contributed by atoms with Crippen LogP contribution in [0.3, 0.4) is 0 Å². The Morgan fingerprint density at radius 1 is 0.783 bits per heavy atom. The summed E-state index contributed by atoms with van der Waals surface area (Å²) in [7, 11) is -9.40. The van der Waals surface area contributed by atoms with Gasteiger partial charge in [-0.2, -0.15) is 0 Å². The van der Waals surface area contributed by atoms with Crippen LogP contribution >= 0.6 is 15.9 Å². The summed E-state index contributed by atoms with van der Waals surface area (Å²) in [6.45, 7) is 27.4. The number of sulfonamides is 1. The number of nitrogens with zero attached hydrogens (tertiary/aromatic N) is 3. The third kappa shape index (κ3) is 8.07. The van der Waals surface area contributed by atoms with E-state index in [0.29, 0.717) is 19.8 Å². The highest BCUT2D eigenvalue weighted by Gasteiger charge is 2.77. The quantitative estimate of drug-likeness (QED) is 0.111. The van der Waals surface area contributed by atoms with E-state index in [-0.39, 0.29) is 45.7 Å². The molecule has 0 aromatic heterocycles. The van der Waals surface area contributed by atoms with E-state index in [1.54, 1.807) is 24.3 Å². The van der Waals surface area contributed by atoms with Crippen molar-refractivity contribution in [3.8, 4) is 0 Å². The summed E-state index contributed by atoms with van der Waals surface area (Å²) in [5, 5.41) is -0.116. The summed E-state index contributed by atoms with van der Waals surface area (Å²) in [5.74, 6) is -2.71. The molecule has 2 amide bonds. The third-order valence-electron chi connectivity index (χ3n) is 14.5. The van der Waals surface area contributed by atoms with E-state index in [0.717, 1.165) is 21.0 Å². The van der Waals surface area contributed by atoms with Crippen molar-refractivity contribution in [3.05, 3.63) is 102 Å². The van der Waals surface area contributed by atoms with Gasteiger partial charge in [0.05, 0.1) is 30.1 Å². The van der Waals surface area contributed by atoms with E-state index >= 15 is 18.0 Å². The molecule has 328 valence electrons. The lowest BCUT2D eigenvalue weighted by molar-refractivity contribution is -0.136. The van der Waals surface area contributed by atoms with Crippen molar-refractivity contribution in [1.29, 1.82) is 0 Å². The maximum absolute atomic E-state index is 15.9. The molecule has 2 aliphatic heterocycles. The van der Waals surface area contributed by atoms with E-state index in [9.17, 15) is 0 Å². The van der Waals surface area contributed by atoms with Crippen LogP contribution in [0.2, 0.25) is 34.8 Å². The van der Waals surface area contributed by atoms with Crippen LogP contribution in [0.15, 0.2) is 89.8 Å². The van der Waals surface area contributed by atoms with Gasteiger partial charge in [-0.15, -0.1) is 0 Å². The van der Waals surface area contributed by atoms with Gasteiger partial charge in [0.25, 0.3) is 10.0 Å². The fraction of sp³-hybridized carbons (Fsp3) is 0.574. The van der Waals surface area contributed by atoms with Crippen LogP contribution in [-0.2, 0) is 41.6 Å². The van der Waals surface area contributed by atoms with Crippen LogP contribution in [0.1, 0.15) is 79.0 Å². The first-order valence-electron chi connectivity index (χ1n) is 21.7. The van der Waals surface area contributed by atoms with Gasteiger partial charge in [-0.25, -0.2) is 12.7 Å². The average Bonchev–Trinajstić information content (AvgIpc) is 3.72. The second-order valence-corrected chi connectivity index (χ2v) is 33.0. The van der Waals surface area contributed by atoms with E-state index in [2.05, 4.69) is 108 Å². The zero-order valence-corrected chi connectivity index (χ0v) is 42.2. The van der Waals surface area contributed by atoms with Gasteiger partial charge in [-0.1, -0.05) is 157 Å². The first-order valence-corrected chi connectivity index (χ1v) is 29.1. The Morgan fingerprint density at radius 3 is 1.80 bits per heavy atom. The summed E-state index contributed by atoms with van der Waals surface area (Å²) in [6.07, 6.45) is 0. The van der Waals surface area contributed by atoms with Gasteiger partial charge in [0.1, 0.15) is 5.54 Å². The second kappa shape index (κ2) is 17.5. The molecule has 0 unspecified atom stereocenters. The minimum absolute atomic E-state index is 0.00117. The van der Waals surface area contributed by atoms with Gasteiger partial charge in [0.2, 0.25) is 11.8 Å². The van der Waals surface area contributed by atoms with Crippen molar-refractivity contribution >= 4 is 54.4 Å². The van der Waals surface area contributed by atoms with Gasteiger partial charge in [-0.05, 0) is 64.9 Å². The summed E-state index contributed by atoms with van der Waals surface area (Å²) < 4.78 is 46.0. The molecule has 6 atom stereocenters. The molecule has 0 N–H and O–H groups in total. The van der Waals surface area contributed by atoms with Crippen molar-refractivity contribution in [2.75, 3.05) is 19.9 Å². The van der Waals surface area contributed by atoms with Crippen molar-refractivity contribution in [2.45, 2.75) is 138 Å². The van der Waals surface area contributed by atoms with E-state index < -0.39 is 66.7 Å². The highest BCUT2D eigenvalue weighted by atomic mass is 79.9. The number of fused-ring (bicyclic) bond motifs is 2. The van der Waals surface area contributed by atoms with Crippen molar-refractivity contribution in [2.24, 2.45) is 17.8 Å². The predicted octanol–water partition coefficient (Wildman–Crippen LogP) is 9.98. The summed E-state index contributed by atoms with van der Waals surface area (Å²) in [6, 6.07) is 25.8. The van der Waals surface area contributed by atoms with Crippen molar-refractivity contribution in [1.82, 2.24) is 14.1 Å². The Balaban J connectivity index is 1.60. The Kier molecular flexibility index (Phi) is 13.7. The van der Waals surface area contributed by atoms with Gasteiger partial charge in [0, 0.05) is 36.4 Å². The topological polar surface area (TPSA) is 96.5 Å². The molecular formula is C47H68BrN3O6SSi2. The van der Waals surface area contributed by atoms with Gasteiger partial charge in [0.15, 0.2) is 16.6 Å². The highest BCUT2D eigenvalue weighted by molar-refractivity contribution is 9.09. The molecule has 3 aromatic carbocycles. The van der Waals surface area contributed by atoms with Gasteiger partial charge in [-0.3, -0.25) is 14.5 Å². The lowest BCUT2D eigenvalue weighted by Gasteiger charge is -2.46. The number of amides is 2. The predicted molar refractivity (Wildman–Crippen MR) is 249 cm³/mol. The zero-order chi connectivity index (χ0) is 44.2. The lowest BCUT2D eigenvalue weighted by Crippen LogP contribution is -2.62. The smallest absolute Gasteiger partial charge is 0.266 e. The van der Waals surface area contributed by atoms with E-state index in [1.165, 1.54) is 0 Å². The fourth-order valence-electron chi connectivity index (χ4n) is 10.6. The standard InChI is InChI=1S/C47H68BrN3O6SSi2/c1-32(2)60(33(3)4,34(5)6)57-30-40-42-41(44(52)51(40)58(54,55)38-25-23-35(7)24-26-38)39(29-56-59(11,12)46(8,9)10)43(48)47(42)45(53)49(27-36-19-15-13-16-20-36)31-50(47)28-37-21-17-14-18-22-37/h13-26,32-34,39-43H,27-31H2,1-12H3/t39-,40+,41+,42+,43+,47+/m0/s1. The van der Waals surface area contributed by atoms with E-state index in [4.69, 9.17) is 8.85 Å². The molecule has 2 saturated heterocycles. The monoisotopic (exact) mass is 937 g/mol. The molecule has 1 spiro atoms. The minimum atomic E-state index is -4.41. The maximum Gasteiger partial charge on any atom is 0.266 e. The lowest BCUT2D eigenvalue weighted by atomic mass is 9.78. The van der Waals surface area contributed by atoms with Crippen LogP contribution in [0, 0.1) is 24.7 Å². The molecular weight excluding hydrogens is 871 g/mol. The van der Waals surface area contributed by atoms with E-state index in [1.807, 2.05) is 60.4 Å². The maximum atomic E-state index is 15.9. The second-order valence-electron chi connectivity index (χ2n) is 20.0. The molecule has 60 heavy (non-hydrogen) atoms. The molecule has 0 radical (unpaired) electrons. The first kappa shape index (κ1) is 46.8. The Hall–Kier alpha value is -2.66. The number of halogens is 1. The van der Waals surface area contributed by atoms with Crippen molar-refractivity contribution in [3.63, 3.8) is 0 Å². The SMILES string of the molecule is Cc1ccc(S(=O)(=O)N2C(=O)[C@@H]3[C@H](CO[Si](C)(C)C(C)(C)C)[C@@H](Br)[C@@]4(C(=O)N(Cc5ccccc5)CN4Cc4ccccc4)[C@@H]3[C@H]2CO[Si](C(C)C)(C(C)C)C(C)C)cc1. The number of carbonyl (C=O) groups is 2. The number of alkyl halides is 1. The fourth-order valence-corrected chi connectivity index (χ4v) is 20.0. The highest BCUT2D eigenvalue weighted by Crippen LogP contribution is 2.61. The molecule has 6 rings (SSSR count). The number of carbonyl (C=O) groups excluding carboxylic acids is 2. The van der Waals surface area contributed by atoms with Gasteiger partial charge >= 0.3 is 0 Å². The first-order chi connectivity index (χ1) is 28.0. The molecule has 3 fully saturated rings. The normalized spacial score (nSPS) is 25.5. The van der Waals surface area contributed by atoms with Gasteiger partial charge < -0.3 is 13.8 Å². The number of aryl methyl sites for hydroxylation is 1. The Bertz CT molecular complexity index is 2080. The Morgan fingerprint density at radius 2 is 1.30 bits per heavy atom. The minimum Gasteiger partial charge on any atom is -0.416 e. The van der Waals surface area contributed by atoms with Crippen LogP contribution in [0.5, 0.6) is 0 Å². The number of hydrogen-bond acceptors (Lipinski definition) is 7. The molecule has 3 aliphatic rings. The zero-order valence-electron chi connectivity index (χ0n) is 37.8. The third-order valence-corrected chi connectivity index (χ3v) is 28.3.